The zero-order valence-corrected chi connectivity index (χ0v) is 18.4. The van der Waals surface area contributed by atoms with E-state index in [1.54, 1.807) is 6.07 Å². The first-order valence-electron chi connectivity index (χ1n) is 11.6. The summed E-state index contributed by atoms with van der Waals surface area (Å²) in [5, 5.41) is 19.4. The summed E-state index contributed by atoms with van der Waals surface area (Å²) in [6.07, 6.45) is 0. The summed E-state index contributed by atoms with van der Waals surface area (Å²) in [5.74, 6) is 0. The van der Waals surface area contributed by atoms with Crippen LogP contribution in [-0.2, 0) is 5.41 Å². The maximum atomic E-state index is 9.71. The van der Waals surface area contributed by atoms with Crippen molar-refractivity contribution in [2.45, 2.75) is 5.41 Å². The lowest BCUT2D eigenvalue weighted by molar-refractivity contribution is 0.426. The SMILES string of the molecule is OB(O)c1cccc(-c2ccc3c(c2)C2(c4ccccc4-c4ccccc42)c2ccccc2-3)c1. The Morgan fingerprint density at radius 1 is 0.441 bits per heavy atom. The average molecular weight is 436 g/mol. The number of hydrogen-bond donors (Lipinski definition) is 2. The second-order valence-electron chi connectivity index (χ2n) is 9.15. The highest BCUT2D eigenvalue weighted by molar-refractivity contribution is 6.58. The quantitative estimate of drug-likeness (QED) is 0.358. The fourth-order valence-electron chi connectivity index (χ4n) is 6.15. The molecule has 2 aliphatic rings. The van der Waals surface area contributed by atoms with Gasteiger partial charge in [-0.2, -0.15) is 0 Å². The number of benzene rings is 5. The Morgan fingerprint density at radius 3 is 1.50 bits per heavy atom. The number of hydrogen-bond acceptors (Lipinski definition) is 2. The van der Waals surface area contributed by atoms with E-state index in [9.17, 15) is 10.0 Å². The highest BCUT2D eigenvalue weighted by atomic mass is 16.4. The van der Waals surface area contributed by atoms with Crippen LogP contribution < -0.4 is 5.46 Å². The van der Waals surface area contributed by atoms with E-state index in [0.29, 0.717) is 5.46 Å². The Labute approximate surface area is 198 Å². The van der Waals surface area contributed by atoms with Gasteiger partial charge in [-0.15, -0.1) is 0 Å². The van der Waals surface area contributed by atoms with Gasteiger partial charge in [-0.1, -0.05) is 109 Å². The topological polar surface area (TPSA) is 40.5 Å². The molecule has 0 amide bonds. The molecule has 5 aromatic rings. The van der Waals surface area contributed by atoms with Crippen molar-refractivity contribution in [1.29, 1.82) is 0 Å². The molecule has 2 aliphatic carbocycles. The summed E-state index contributed by atoms with van der Waals surface area (Å²) < 4.78 is 0. The van der Waals surface area contributed by atoms with Crippen LogP contribution in [0.1, 0.15) is 22.3 Å². The van der Waals surface area contributed by atoms with Crippen LogP contribution in [0.5, 0.6) is 0 Å². The minimum Gasteiger partial charge on any atom is -0.423 e. The van der Waals surface area contributed by atoms with E-state index >= 15 is 0 Å². The smallest absolute Gasteiger partial charge is 0.423 e. The largest absolute Gasteiger partial charge is 0.488 e. The molecule has 0 fully saturated rings. The lowest BCUT2D eigenvalue weighted by Gasteiger charge is -2.30. The van der Waals surface area contributed by atoms with Gasteiger partial charge in [0.2, 0.25) is 0 Å². The molecule has 0 saturated heterocycles. The fraction of sp³-hybridized carbons (Fsp3) is 0.0323. The van der Waals surface area contributed by atoms with Crippen molar-refractivity contribution < 1.29 is 10.0 Å². The molecule has 160 valence electrons. The Balaban J connectivity index is 1.57. The van der Waals surface area contributed by atoms with Gasteiger partial charge in [-0.05, 0) is 67.2 Å². The molecule has 7 rings (SSSR count). The van der Waals surface area contributed by atoms with Gasteiger partial charge < -0.3 is 10.0 Å². The molecule has 0 heterocycles. The molecule has 1 spiro atoms. The van der Waals surface area contributed by atoms with E-state index in [0.717, 1.165) is 11.1 Å². The van der Waals surface area contributed by atoms with Crippen LogP contribution in [0.3, 0.4) is 0 Å². The highest BCUT2D eigenvalue weighted by Crippen LogP contribution is 2.62. The van der Waals surface area contributed by atoms with Crippen LogP contribution in [-0.4, -0.2) is 17.2 Å². The van der Waals surface area contributed by atoms with Crippen LogP contribution in [0.15, 0.2) is 115 Å². The summed E-state index contributed by atoms with van der Waals surface area (Å²) >= 11 is 0. The molecule has 0 unspecified atom stereocenters. The molecule has 2 nitrogen and oxygen atoms in total. The normalized spacial score (nSPS) is 13.8. The first-order chi connectivity index (χ1) is 16.7. The van der Waals surface area contributed by atoms with Crippen LogP contribution in [0.25, 0.3) is 33.4 Å². The zero-order valence-electron chi connectivity index (χ0n) is 18.4. The predicted octanol–water partition coefficient (Wildman–Crippen LogP) is 5.38. The molecule has 3 heteroatoms. The van der Waals surface area contributed by atoms with E-state index in [1.165, 1.54) is 44.5 Å². The molecule has 0 aliphatic heterocycles. The van der Waals surface area contributed by atoms with E-state index < -0.39 is 7.12 Å². The first-order valence-corrected chi connectivity index (χ1v) is 11.6. The molecule has 5 aromatic carbocycles. The number of fused-ring (bicyclic) bond motifs is 10. The van der Waals surface area contributed by atoms with Gasteiger partial charge in [0.15, 0.2) is 0 Å². The summed E-state index contributed by atoms with van der Waals surface area (Å²) in [6, 6.07) is 40.5. The molecule has 2 N–H and O–H groups in total. The third-order valence-electron chi connectivity index (χ3n) is 7.52. The molecule has 0 atom stereocenters. The first kappa shape index (κ1) is 19.5. The lowest BCUT2D eigenvalue weighted by Crippen LogP contribution is -2.29. The monoisotopic (exact) mass is 436 g/mol. The second kappa shape index (κ2) is 7.04. The van der Waals surface area contributed by atoms with Gasteiger partial charge in [0.1, 0.15) is 0 Å². The van der Waals surface area contributed by atoms with Crippen molar-refractivity contribution in [1.82, 2.24) is 0 Å². The van der Waals surface area contributed by atoms with Crippen molar-refractivity contribution in [2.24, 2.45) is 0 Å². The Morgan fingerprint density at radius 2 is 0.941 bits per heavy atom. The molecular weight excluding hydrogens is 415 g/mol. The van der Waals surface area contributed by atoms with Gasteiger partial charge in [0.05, 0.1) is 5.41 Å². The predicted molar refractivity (Wildman–Crippen MR) is 138 cm³/mol. The minimum atomic E-state index is -1.49. The Kier molecular flexibility index (Phi) is 4.05. The van der Waals surface area contributed by atoms with E-state index in [-0.39, 0.29) is 5.41 Å². The van der Waals surface area contributed by atoms with Crippen molar-refractivity contribution in [3.63, 3.8) is 0 Å². The Bertz CT molecular complexity index is 1540. The average Bonchev–Trinajstić information content (AvgIpc) is 3.36. The maximum absolute atomic E-state index is 9.71. The highest BCUT2D eigenvalue weighted by Gasteiger charge is 2.51. The third-order valence-corrected chi connectivity index (χ3v) is 7.52. The summed E-state index contributed by atoms with van der Waals surface area (Å²) in [4.78, 5) is 0. The van der Waals surface area contributed by atoms with Gasteiger partial charge in [0, 0.05) is 0 Å². The molecule has 34 heavy (non-hydrogen) atoms. The minimum absolute atomic E-state index is 0.372. The maximum Gasteiger partial charge on any atom is 0.488 e. The standard InChI is InChI=1S/C31H21BO2/c33-32(34)22-9-7-8-20(18-22)21-16-17-26-25-12-3-6-15-29(25)31(30(26)19-21)27-13-4-1-10-23(27)24-11-2-5-14-28(24)31/h1-19,33-34H. The van der Waals surface area contributed by atoms with Gasteiger partial charge in [0.25, 0.3) is 0 Å². The fourth-order valence-corrected chi connectivity index (χ4v) is 6.15. The van der Waals surface area contributed by atoms with E-state index in [1.807, 2.05) is 18.2 Å². The van der Waals surface area contributed by atoms with E-state index in [4.69, 9.17) is 0 Å². The van der Waals surface area contributed by atoms with E-state index in [2.05, 4.69) is 91.0 Å². The second-order valence-corrected chi connectivity index (χ2v) is 9.15. The van der Waals surface area contributed by atoms with Crippen LogP contribution in [0.2, 0.25) is 0 Å². The molecule has 0 saturated carbocycles. The van der Waals surface area contributed by atoms with Gasteiger partial charge in [-0.3, -0.25) is 0 Å². The number of rotatable bonds is 2. The van der Waals surface area contributed by atoms with Gasteiger partial charge >= 0.3 is 7.12 Å². The summed E-state index contributed by atoms with van der Waals surface area (Å²) in [6.45, 7) is 0. The van der Waals surface area contributed by atoms with Gasteiger partial charge in [-0.25, -0.2) is 0 Å². The summed E-state index contributed by atoms with van der Waals surface area (Å²) in [5.41, 5.74) is 12.5. The Hall–Kier alpha value is -3.92. The summed E-state index contributed by atoms with van der Waals surface area (Å²) in [7, 11) is -1.49. The van der Waals surface area contributed by atoms with Crippen molar-refractivity contribution in [2.75, 3.05) is 0 Å². The third kappa shape index (κ3) is 2.43. The van der Waals surface area contributed by atoms with Crippen LogP contribution in [0, 0.1) is 0 Å². The molecule has 0 bridgehead atoms. The lowest BCUT2D eigenvalue weighted by atomic mass is 9.70. The zero-order chi connectivity index (χ0) is 22.9. The molecule has 0 radical (unpaired) electrons. The molecule has 0 aromatic heterocycles. The van der Waals surface area contributed by atoms with Crippen molar-refractivity contribution in [3.05, 3.63) is 138 Å². The molecular formula is C31H21BO2. The van der Waals surface area contributed by atoms with Crippen LogP contribution >= 0.6 is 0 Å². The van der Waals surface area contributed by atoms with Crippen molar-refractivity contribution >= 4 is 12.6 Å². The van der Waals surface area contributed by atoms with Crippen molar-refractivity contribution in [3.8, 4) is 33.4 Å². The van der Waals surface area contributed by atoms with Crippen LogP contribution in [0.4, 0.5) is 0 Å².